The fourth-order valence-electron chi connectivity index (χ4n) is 2.46. The number of hydrogen-bond acceptors (Lipinski definition) is 6. The van der Waals surface area contributed by atoms with Gasteiger partial charge >= 0.3 is 0 Å². The van der Waals surface area contributed by atoms with E-state index in [9.17, 15) is 4.39 Å². The third kappa shape index (κ3) is 4.01. The van der Waals surface area contributed by atoms with Crippen LogP contribution in [0, 0.1) is 5.82 Å². The first-order valence-corrected chi connectivity index (χ1v) is 9.98. The lowest BCUT2D eigenvalue weighted by atomic mass is 10.2. The minimum atomic E-state index is -0.325. The average molecular weight is 398 g/mol. The summed E-state index contributed by atoms with van der Waals surface area (Å²) >= 11 is 3.05. The number of thioether (sulfide) groups is 1. The zero-order chi connectivity index (χ0) is 18.6. The van der Waals surface area contributed by atoms with Gasteiger partial charge in [0.1, 0.15) is 16.6 Å². The quantitative estimate of drug-likeness (QED) is 0.461. The number of halogens is 1. The van der Waals surface area contributed by atoms with Gasteiger partial charge in [0.25, 0.3) is 0 Å². The van der Waals surface area contributed by atoms with E-state index >= 15 is 0 Å². The number of thiazole rings is 1. The summed E-state index contributed by atoms with van der Waals surface area (Å²) in [5.41, 5.74) is 2.41. The van der Waals surface area contributed by atoms with Crippen LogP contribution >= 0.6 is 23.1 Å². The Morgan fingerprint density at radius 3 is 2.70 bits per heavy atom. The maximum absolute atomic E-state index is 13.8. The second-order valence-corrected chi connectivity index (χ2v) is 7.41. The molecule has 0 aliphatic heterocycles. The number of nitrogens with one attached hydrogen (secondary N) is 1. The molecule has 27 heavy (non-hydrogen) atoms. The van der Waals surface area contributed by atoms with E-state index in [1.165, 1.54) is 17.8 Å². The summed E-state index contributed by atoms with van der Waals surface area (Å²) in [6.45, 7) is 0. The standard InChI is InChI=1S/C19H15FN4OS2/c1-25-14-8-6-12(7-9-14)18-21-13(10-26-18)11-27-19-22-17(23-24-19)15-4-2-3-5-16(15)20/h2-10H,11H2,1H3,(H,22,23,24). The van der Waals surface area contributed by atoms with Crippen LogP contribution < -0.4 is 4.74 Å². The van der Waals surface area contributed by atoms with Crippen LogP contribution in [-0.2, 0) is 5.75 Å². The minimum Gasteiger partial charge on any atom is -0.497 e. The molecule has 1 N–H and O–H groups in total. The average Bonchev–Trinajstić information content (AvgIpc) is 3.36. The van der Waals surface area contributed by atoms with Crippen molar-refractivity contribution in [3.8, 4) is 27.7 Å². The Morgan fingerprint density at radius 2 is 1.93 bits per heavy atom. The van der Waals surface area contributed by atoms with Gasteiger partial charge in [0, 0.05) is 16.7 Å². The van der Waals surface area contributed by atoms with Gasteiger partial charge in [-0.3, -0.25) is 5.10 Å². The monoisotopic (exact) mass is 398 g/mol. The highest BCUT2D eigenvalue weighted by Gasteiger charge is 2.11. The molecule has 0 bridgehead atoms. The van der Waals surface area contributed by atoms with Crippen molar-refractivity contribution < 1.29 is 9.13 Å². The SMILES string of the molecule is COc1ccc(-c2nc(CSc3n[nH]c(-c4ccccc4F)n3)cs2)cc1. The number of aromatic amines is 1. The lowest BCUT2D eigenvalue weighted by molar-refractivity contribution is 0.415. The van der Waals surface area contributed by atoms with Crippen molar-refractivity contribution in [3.63, 3.8) is 0 Å². The second kappa shape index (κ2) is 7.89. The largest absolute Gasteiger partial charge is 0.497 e. The van der Waals surface area contributed by atoms with Crippen molar-refractivity contribution in [1.82, 2.24) is 20.2 Å². The van der Waals surface area contributed by atoms with Crippen molar-refractivity contribution in [2.75, 3.05) is 7.11 Å². The smallest absolute Gasteiger partial charge is 0.209 e. The maximum Gasteiger partial charge on any atom is 0.209 e. The predicted molar refractivity (Wildman–Crippen MR) is 105 cm³/mol. The molecule has 0 spiro atoms. The van der Waals surface area contributed by atoms with Gasteiger partial charge in [-0.2, -0.15) is 0 Å². The molecule has 4 aromatic rings. The highest BCUT2D eigenvalue weighted by molar-refractivity contribution is 7.98. The Balaban J connectivity index is 1.42. The van der Waals surface area contributed by atoms with E-state index in [1.807, 2.05) is 29.6 Å². The number of hydrogen-bond donors (Lipinski definition) is 1. The Morgan fingerprint density at radius 1 is 1.11 bits per heavy atom. The van der Waals surface area contributed by atoms with Crippen LogP contribution in [0.25, 0.3) is 22.0 Å². The lowest BCUT2D eigenvalue weighted by Crippen LogP contribution is -1.86. The molecule has 4 rings (SSSR count). The van der Waals surface area contributed by atoms with E-state index in [-0.39, 0.29) is 5.82 Å². The molecule has 0 radical (unpaired) electrons. The summed E-state index contributed by atoms with van der Waals surface area (Å²) in [4.78, 5) is 9.02. The molecule has 5 nitrogen and oxygen atoms in total. The fourth-order valence-corrected chi connectivity index (χ4v) is 4.08. The van der Waals surface area contributed by atoms with E-state index in [0.29, 0.717) is 22.3 Å². The van der Waals surface area contributed by atoms with Gasteiger partial charge in [-0.25, -0.2) is 14.4 Å². The molecule has 0 saturated heterocycles. The van der Waals surface area contributed by atoms with E-state index in [0.717, 1.165) is 22.0 Å². The highest BCUT2D eigenvalue weighted by Crippen LogP contribution is 2.29. The molecule has 136 valence electrons. The van der Waals surface area contributed by atoms with Crippen molar-refractivity contribution in [3.05, 3.63) is 65.4 Å². The number of aromatic nitrogens is 4. The Bertz CT molecular complexity index is 1050. The molecule has 0 fully saturated rings. The molecular weight excluding hydrogens is 383 g/mol. The van der Waals surface area contributed by atoms with Gasteiger partial charge in [-0.1, -0.05) is 23.9 Å². The van der Waals surface area contributed by atoms with Gasteiger partial charge in [-0.05, 0) is 36.4 Å². The second-order valence-electron chi connectivity index (χ2n) is 5.61. The molecule has 2 aromatic heterocycles. The summed E-state index contributed by atoms with van der Waals surface area (Å²) in [7, 11) is 1.65. The van der Waals surface area contributed by atoms with E-state index < -0.39 is 0 Å². The maximum atomic E-state index is 13.8. The summed E-state index contributed by atoms with van der Waals surface area (Å²) in [6, 6.07) is 14.3. The Kier molecular flexibility index (Phi) is 5.17. The van der Waals surface area contributed by atoms with Crippen LogP contribution in [0.4, 0.5) is 4.39 Å². The number of rotatable bonds is 6. The third-order valence-corrected chi connectivity index (χ3v) is 5.65. The van der Waals surface area contributed by atoms with Crippen LogP contribution in [0.5, 0.6) is 5.75 Å². The first-order chi connectivity index (χ1) is 13.2. The molecule has 0 amide bonds. The van der Waals surface area contributed by atoms with E-state index in [1.54, 1.807) is 36.6 Å². The van der Waals surface area contributed by atoms with Gasteiger partial charge in [-0.15, -0.1) is 16.4 Å². The van der Waals surface area contributed by atoms with Crippen LogP contribution in [0.1, 0.15) is 5.69 Å². The van der Waals surface area contributed by atoms with Crippen molar-refractivity contribution >= 4 is 23.1 Å². The van der Waals surface area contributed by atoms with Crippen LogP contribution in [0.3, 0.4) is 0 Å². The zero-order valence-corrected chi connectivity index (χ0v) is 16.0. The predicted octanol–water partition coefficient (Wildman–Crippen LogP) is 5.04. The van der Waals surface area contributed by atoms with Gasteiger partial charge in [0.2, 0.25) is 5.16 Å². The molecule has 0 aliphatic carbocycles. The minimum absolute atomic E-state index is 0.325. The van der Waals surface area contributed by atoms with Gasteiger partial charge < -0.3 is 4.74 Å². The molecule has 0 saturated carbocycles. The molecule has 2 aromatic carbocycles. The molecule has 0 atom stereocenters. The van der Waals surface area contributed by atoms with Gasteiger partial charge in [0.15, 0.2) is 5.82 Å². The van der Waals surface area contributed by atoms with Crippen molar-refractivity contribution in [2.45, 2.75) is 10.9 Å². The summed E-state index contributed by atoms with van der Waals surface area (Å²) in [5, 5.41) is 10.5. The van der Waals surface area contributed by atoms with Crippen molar-refractivity contribution in [2.24, 2.45) is 0 Å². The molecule has 0 unspecified atom stereocenters. The van der Waals surface area contributed by atoms with E-state index in [4.69, 9.17) is 4.74 Å². The normalized spacial score (nSPS) is 10.9. The van der Waals surface area contributed by atoms with Crippen molar-refractivity contribution in [1.29, 1.82) is 0 Å². The summed E-state index contributed by atoms with van der Waals surface area (Å²) < 4.78 is 19.0. The summed E-state index contributed by atoms with van der Waals surface area (Å²) in [5.74, 6) is 1.56. The van der Waals surface area contributed by atoms with Crippen LogP contribution in [0.2, 0.25) is 0 Å². The van der Waals surface area contributed by atoms with Gasteiger partial charge in [0.05, 0.1) is 18.4 Å². The van der Waals surface area contributed by atoms with Crippen LogP contribution in [0.15, 0.2) is 59.1 Å². The summed E-state index contributed by atoms with van der Waals surface area (Å²) in [6.07, 6.45) is 0. The first kappa shape index (κ1) is 17.7. The Labute approximate surface area is 163 Å². The molecule has 8 heteroatoms. The molecule has 0 aliphatic rings. The number of methoxy groups -OCH3 is 1. The van der Waals surface area contributed by atoms with Crippen LogP contribution in [-0.4, -0.2) is 27.3 Å². The first-order valence-electron chi connectivity index (χ1n) is 8.12. The fraction of sp³-hybridized carbons (Fsp3) is 0.105. The van der Waals surface area contributed by atoms with E-state index in [2.05, 4.69) is 20.2 Å². The highest BCUT2D eigenvalue weighted by atomic mass is 32.2. The number of benzene rings is 2. The molecular formula is C19H15FN4OS2. The number of ether oxygens (including phenoxy) is 1. The zero-order valence-electron chi connectivity index (χ0n) is 14.3. The Hall–Kier alpha value is -2.71. The topological polar surface area (TPSA) is 63.7 Å². The third-order valence-electron chi connectivity index (χ3n) is 3.83. The lowest BCUT2D eigenvalue weighted by Gasteiger charge is -2.00. The number of nitrogens with zero attached hydrogens (tertiary/aromatic N) is 3. The number of H-pyrrole nitrogens is 1. The molecule has 2 heterocycles.